The molecule has 0 bridgehead atoms. The molecular weight excluding hydrogens is 376 g/mol. The Balaban J connectivity index is 0. The van der Waals surface area contributed by atoms with Crippen molar-refractivity contribution in [2.75, 3.05) is 0 Å². The van der Waals surface area contributed by atoms with Crippen molar-refractivity contribution in [2.24, 2.45) is 0 Å². The van der Waals surface area contributed by atoms with E-state index >= 15 is 0 Å². The van der Waals surface area contributed by atoms with Gasteiger partial charge >= 0.3 is 57.5 Å². The third kappa shape index (κ3) is 9.47. The van der Waals surface area contributed by atoms with Crippen LogP contribution in [0.2, 0.25) is 0 Å². The van der Waals surface area contributed by atoms with Crippen molar-refractivity contribution in [2.45, 2.75) is 0 Å². The molecule has 0 amide bonds. The van der Waals surface area contributed by atoms with Crippen molar-refractivity contribution >= 4 is 57.5 Å². The zero-order chi connectivity index (χ0) is 0. The monoisotopic (exact) mass is 381 g/mol. The van der Waals surface area contributed by atoms with Crippen molar-refractivity contribution < 1.29 is 72.2 Å². The van der Waals surface area contributed by atoms with E-state index in [1.807, 2.05) is 0 Å². The maximum absolute atomic E-state index is 0. The van der Waals surface area contributed by atoms with Gasteiger partial charge in [-0.1, -0.05) is 0 Å². The Bertz CT molecular complexity index is 13.5. The average molecular weight is 381 g/mol. The first kappa shape index (κ1) is 24.2. The zero-order valence-corrected chi connectivity index (χ0v) is 7.54. The van der Waals surface area contributed by atoms with Gasteiger partial charge in [0, 0.05) is 69.3 Å². The Hall–Kier alpha value is 4.16. The molecule has 0 aliphatic rings. The summed E-state index contributed by atoms with van der Waals surface area (Å²) < 4.78 is 0. The summed E-state index contributed by atoms with van der Waals surface area (Å²) in [5.41, 5.74) is 0. The molecule has 0 atom stereocenters. The van der Waals surface area contributed by atoms with Crippen molar-refractivity contribution in [3.63, 3.8) is 0 Å². The van der Waals surface area contributed by atoms with Gasteiger partial charge in [0.1, 0.15) is 0 Å². The average Bonchev–Trinajstić information content (AvgIpc) is 0. The van der Waals surface area contributed by atoms with E-state index in [-0.39, 0.29) is 130 Å². The Morgan fingerprint density at radius 3 is 1.25 bits per heavy atom. The van der Waals surface area contributed by atoms with E-state index in [4.69, 9.17) is 0 Å². The molecule has 29 valence electrons. The van der Waals surface area contributed by atoms with Crippen LogP contribution < -0.4 is 0 Å². The Morgan fingerprint density at radius 1 is 1.25 bits per heavy atom. The Kier molecular flexibility index (Phi) is 94.9. The van der Waals surface area contributed by atoms with Gasteiger partial charge in [0.15, 0.2) is 0 Å². The van der Waals surface area contributed by atoms with Gasteiger partial charge in [0.25, 0.3) is 0 Å². The molecule has 0 aromatic heterocycles. The summed E-state index contributed by atoms with van der Waals surface area (Å²) in [6.07, 6.45) is 0. The first-order chi connectivity index (χ1) is 0. The molecule has 0 aliphatic carbocycles. The summed E-state index contributed by atoms with van der Waals surface area (Å²) >= 11 is 0. The molecule has 0 fully saturated rings. The van der Waals surface area contributed by atoms with Crippen LogP contribution >= 0.6 is 0 Å². The fraction of sp³-hybridized carbons (Fsp3) is 0. The van der Waals surface area contributed by atoms with Gasteiger partial charge in [0.2, 0.25) is 0 Å². The molecule has 4 heavy (non-hydrogen) atoms. The van der Waals surface area contributed by atoms with Gasteiger partial charge in [-0.25, -0.2) is 0 Å². The molecule has 0 saturated heterocycles. The predicted octanol–water partition coefficient (Wildman–Crippen LogP) is -1.34. The second-order valence-electron chi connectivity index (χ2n) is 0. The minimum Gasteiger partial charge on any atom is -1.00 e. The van der Waals surface area contributed by atoms with Crippen molar-refractivity contribution in [3.8, 4) is 0 Å². The third-order valence-corrected chi connectivity index (χ3v) is 0. The van der Waals surface area contributed by atoms with Gasteiger partial charge in [-0.15, -0.1) is 0 Å². The van der Waals surface area contributed by atoms with Gasteiger partial charge in [-0.05, 0) is 0 Å². The van der Waals surface area contributed by atoms with E-state index < -0.39 is 0 Å². The minimum absolute atomic E-state index is 0. The number of hydrogen-bond acceptors (Lipinski definition) is 0. The molecule has 0 saturated carbocycles. The van der Waals surface area contributed by atoms with Gasteiger partial charge in [0.05, 0.1) is 0 Å². The summed E-state index contributed by atoms with van der Waals surface area (Å²) in [5.74, 6) is 0. The van der Waals surface area contributed by atoms with Crippen molar-refractivity contribution in [3.05, 3.63) is 0 Å². The second-order valence-corrected chi connectivity index (χ2v) is 0. The molecule has 0 spiro atoms. The van der Waals surface area contributed by atoms with Crippen LogP contribution in [0.25, 0.3) is 0 Å². The maximum atomic E-state index is 0. The standard InChI is InChI=1S/Ca.Ga.Nb.Yb.5H/q+2;;;;;;;2*-1. The number of hydrogen-bond donors (Lipinski definition) is 0. The molecule has 0 aromatic carbocycles. The van der Waals surface area contributed by atoms with Crippen LogP contribution in [0.3, 0.4) is 0 Å². The summed E-state index contributed by atoms with van der Waals surface area (Å²) in [5, 5.41) is 0. The van der Waals surface area contributed by atoms with E-state index in [1.54, 1.807) is 0 Å². The molecule has 0 unspecified atom stereocenters. The summed E-state index contributed by atoms with van der Waals surface area (Å²) in [6.45, 7) is 0. The largest absolute Gasteiger partial charge is 1.00 e. The molecule has 1 radical (unpaired) electrons. The molecule has 0 rings (SSSR count). The number of rotatable bonds is 0. The minimum atomic E-state index is 0. The smallest absolute Gasteiger partial charge is 0 e. The van der Waals surface area contributed by atoms with E-state index in [2.05, 4.69) is 0 Å². The fourth-order valence-corrected chi connectivity index (χ4v) is 0. The van der Waals surface area contributed by atoms with E-state index in [1.165, 1.54) is 0 Å². The van der Waals surface area contributed by atoms with Gasteiger partial charge < -0.3 is 2.85 Å². The van der Waals surface area contributed by atoms with Crippen molar-refractivity contribution in [1.82, 2.24) is 0 Å². The van der Waals surface area contributed by atoms with Crippen LogP contribution in [0, 0.1) is 46.9 Å². The SMILES string of the molecule is [Ca+2].[GaH3].[H-].[H-].[Nb].[Yb]. The molecule has 0 aromatic rings. The van der Waals surface area contributed by atoms with Gasteiger partial charge in [-0.3, -0.25) is 0 Å². The molecule has 0 aliphatic heterocycles. The normalized spacial score (nSPS) is 0. The molecular formula is H5CaGaNbYb. The van der Waals surface area contributed by atoms with Crippen LogP contribution in [0.15, 0.2) is 0 Å². The topological polar surface area (TPSA) is 0 Å². The van der Waals surface area contributed by atoms with Crippen LogP contribution in [0.4, 0.5) is 0 Å². The Labute approximate surface area is 126 Å². The molecule has 0 heterocycles. The van der Waals surface area contributed by atoms with Crippen LogP contribution in [0.1, 0.15) is 2.85 Å². The molecule has 0 N–H and O–H groups in total. The summed E-state index contributed by atoms with van der Waals surface area (Å²) in [7, 11) is 0. The zero-order valence-electron chi connectivity index (χ0n) is 3.42. The summed E-state index contributed by atoms with van der Waals surface area (Å²) in [6, 6.07) is 0. The van der Waals surface area contributed by atoms with E-state index in [9.17, 15) is 0 Å². The quantitative estimate of drug-likeness (QED) is 0.456. The second kappa shape index (κ2) is 15.7. The Morgan fingerprint density at radius 2 is 1.25 bits per heavy atom. The summed E-state index contributed by atoms with van der Waals surface area (Å²) in [4.78, 5) is 0. The fourth-order valence-electron chi connectivity index (χ4n) is 0. The van der Waals surface area contributed by atoms with Crippen LogP contribution in [-0.4, -0.2) is 57.5 Å². The van der Waals surface area contributed by atoms with E-state index in [0.717, 1.165) is 0 Å². The molecule has 0 nitrogen and oxygen atoms in total. The first-order valence-electron chi connectivity index (χ1n) is 0. The van der Waals surface area contributed by atoms with Crippen molar-refractivity contribution in [1.29, 1.82) is 0 Å². The van der Waals surface area contributed by atoms with Gasteiger partial charge in [-0.2, -0.15) is 0 Å². The first-order valence-corrected chi connectivity index (χ1v) is 0. The van der Waals surface area contributed by atoms with Crippen LogP contribution in [0.5, 0.6) is 0 Å². The third-order valence-electron chi connectivity index (χ3n) is 0. The molecule has 4 heteroatoms. The maximum Gasteiger partial charge on any atom is 0 e. The predicted molar refractivity (Wildman–Crippen MR) is 17.9 cm³/mol. The van der Waals surface area contributed by atoms with Crippen LogP contribution in [-0.2, 0) is 22.4 Å². The van der Waals surface area contributed by atoms with E-state index in [0.29, 0.717) is 0 Å².